The summed E-state index contributed by atoms with van der Waals surface area (Å²) in [4.78, 5) is 0. The molecule has 0 aromatic carbocycles. The molecule has 2 heterocycles. The summed E-state index contributed by atoms with van der Waals surface area (Å²) < 4.78 is 6.15. The van der Waals surface area contributed by atoms with Crippen molar-refractivity contribution in [3.63, 3.8) is 0 Å². The number of hydrogen-bond donors (Lipinski definition) is 1. The Balaban J connectivity index is 2.01. The maximum atomic E-state index is 6.28. The molecule has 0 amide bonds. The lowest BCUT2D eigenvalue weighted by Gasteiger charge is -2.33. The van der Waals surface area contributed by atoms with E-state index in [0.29, 0.717) is 0 Å². The van der Waals surface area contributed by atoms with Crippen molar-refractivity contribution in [2.75, 3.05) is 13.2 Å². The van der Waals surface area contributed by atoms with Gasteiger partial charge in [0.2, 0.25) is 0 Å². The van der Waals surface area contributed by atoms with E-state index >= 15 is 0 Å². The summed E-state index contributed by atoms with van der Waals surface area (Å²) in [6.07, 6.45) is 2.81. The molecule has 0 saturated carbocycles. The maximum absolute atomic E-state index is 6.28. The molecule has 0 aliphatic carbocycles. The predicted molar refractivity (Wildman–Crippen MR) is 60.0 cm³/mol. The molecular formula is C10H14ClNOS. The molecule has 1 aromatic rings. The summed E-state index contributed by atoms with van der Waals surface area (Å²) in [6.45, 7) is 1.57. The molecule has 0 unspecified atom stereocenters. The van der Waals surface area contributed by atoms with Crippen LogP contribution in [0.5, 0.6) is 0 Å². The molecule has 1 fully saturated rings. The van der Waals surface area contributed by atoms with Gasteiger partial charge in [-0.25, -0.2) is 0 Å². The molecular weight excluding hydrogens is 218 g/mol. The van der Waals surface area contributed by atoms with Crippen LogP contribution in [0.2, 0.25) is 4.34 Å². The van der Waals surface area contributed by atoms with Crippen molar-refractivity contribution in [3.8, 4) is 0 Å². The van der Waals surface area contributed by atoms with Gasteiger partial charge in [-0.05, 0) is 36.3 Å². The van der Waals surface area contributed by atoms with E-state index in [-0.39, 0.29) is 5.54 Å². The fraction of sp³-hybridized carbons (Fsp3) is 0.600. The third kappa shape index (κ3) is 2.48. The van der Waals surface area contributed by atoms with E-state index in [1.54, 1.807) is 11.3 Å². The third-order valence-corrected chi connectivity index (χ3v) is 3.81. The minimum Gasteiger partial charge on any atom is -0.381 e. The Morgan fingerprint density at radius 2 is 2.21 bits per heavy atom. The maximum Gasteiger partial charge on any atom is 0.0931 e. The summed E-state index contributed by atoms with van der Waals surface area (Å²) in [5.41, 5.74) is 7.46. The van der Waals surface area contributed by atoms with Crippen molar-refractivity contribution in [1.82, 2.24) is 0 Å². The standard InChI is InChI=1S/C10H14ClNOS/c11-9-5-8(7-14-9)6-10(12)1-3-13-4-2-10/h5,7H,1-4,6,12H2. The Bertz CT molecular complexity index is 307. The van der Waals surface area contributed by atoms with E-state index in [1.807, 2.05) is 6.07 Å². The number of rotatable bonds is 2. The van der Waals surface area contributed by atoms with E-state index in [1.165, 1.54) is 5.56 Å². The van der Waals surface area contributed by atoms with E-state index in [4.69, 9.17) is 22.1 Å². The fourth-order valence-electron chi connectivity index (χ4n) is 1.80. The first-order valence-corrected chi connectivity index (χ1v) is 6.03. The molecule has 2 rings (SSSR count). The van der Waals surface area contributed by atoms with Crippen LogP contribution < -0.4 is 5.73 Å². The first kappa shape index (κ1) is 10.4. The molecule has 0 radical (unpaired) electrons. The average molecular weight is 232 g/mol. The Kier molecular flexibility index (Phi) is 3.12. The van der Waals surface area contributed by atoms with Gasteiger partial charge in [-0.15, -0.1) is 11.3 Å². The highest BCUT2D eigenvalue weighted by Crippen LogP contribution is 2.27. The lowest BCUT2D eigenvalue weighted by atomic mass is 9.86. The molecule has 2 N–H and O–H groups in total. The van der Waals surface area contributed by atoms with Gasteiger partial charge in [0, 0.05) is 18.8 Å². The molecule has 0 spiro atoms. The molecule has 1 aliphatic heterocycles. The monoisotopic (exact) mass is 231 g/mol. The zero-order chi connectivity index (χ0) is 10.0. The van der Waals surface area contributed by atoms with Gasteiger partial charge < -0.3 is 10.5 Å². The van der Waals surface area contributed by atoms with Crippen molar-refractivity contribution >= 4 is 22.9 Å². The lowest BCUT2D eigenvalue weighted by molar-refractivity contribution is 0.0534. The van der Waals surface area contributed by atoms with Crippen LogP contribution in [0.4, 0.5) is 0 Å². The van der Waals surface area contributed by atoms with Crippen LogP contribution in [0.15, 0.2) is 11.4 Å². The van der Waals surface area contributed by atoms with E-state index in [9.17, 15) is 0 Å². The second kappa shape index (κ2) is 4.19. The van der Waals surface area contributed by atoms with Gasteiger partial charge in [0.25, 0.3) is 0 Å². The molecule has 1 aliphatic rings. The van der Waals surface area contributed by atoms with Gasteiger partial charge in [0.15, 0.2) is 0 Å². The van der Waals surface area contributed by atoms with Crippen molar-refractivity contribution in [3.05, 3.63) is 21.3 Å². The first-order valence-electron chi connectivity index (χ1n) is 4.78. The summed E-state index contributed by atoms with van der Waals surface area (Å²) in [6, 6.07) is 2.01. The van der Waals surface area contributed by atoms with Gasteiger partial charge in [-0.2, -0.15) is 0 Å². The minimum atomic E-state index is -0.0807. The van der Waals surface area contributed by atoms with Crippen molar-refractivity contribution in [2.24, 2.45) is 5.73 Å². The average Bonchev–Trinajstić information content (AvgIpc) is 2.51. The Morgan fingerprint density at radius 3 is 2.79 bits per heavy atom. The summed E-state index contributed by atoms with van der Waals surface area (Å²) >= 11 is 7.45. The molecule has 1 aromatic heterocycles. The van der Waals surface area contributed by atoms with Crippen LogP contribution in [0, 0.1) is 0 Å². The minimum absolute atomic E-state index is 0.0807. The highest BCUT2D eigenvalue weighted by atomic mass is 35.5. The largest absolute Gasteiger partial charge is 0.381 e. The predicted octanol–water partition coefficient (Wildman–Crippen LogP) is 2.45. The zero-order valence-electron chi connectivity index (χ0n) is 7.96. The molecule has 4 heteroatoms. The Morgan fingerprint density at radius 1 is 1.50 bits per heavy atom. The van der Waals surface area contributed by atoms with E-state index in [0.717, 1.165) is 36.8 Å². The van der Waals surface area contributed by atoms with Crippen LogP contribution >= 0.6 is 22.9 Å². The third-order valence-electron chi connectivity index (χ3n) is 2.67. The van der Waals surface area contributed by atoms with Crippen LogP contribution in [-0.4, -0.2) is 18.8 Å². The molecule has 14 heavy (non-hydrogen) atoms. The normalized spacial score (nSPS) is 21.0. The van der Waals surface area contributed by atoms with E-state index < -0.39 is 0 Å². The molecule has 78 valence electrons. The molecule has 1 saturated heterocycles. The zero-order valence-corrected chi connectivity index (χ0v) is 9.53. The van der Waals surface area contributed by atoms with Crippen LogP contribution in [0.1, 0.15) is 18.4 Å². The highest BCUT2D eigenvalue weighted by Gasteiger charge is 2.28. The van der Waals surface area contributed by atoms with Crippen LogP contribution in [0.3, 0.4) is 0 Å². The van der Waals surface area contributed by atoms with Crippen molar-refractivity contribution in [2.45, 2.75) is 24.8 Å². The summed E-state index contributed by atoms with van der Waals surface area (Å²) in [5, 5.41) is 2.09. The van der Waals surface area contributed by atoms with Crippen molar-refractivity contribution < 1.29 is 4.74 Å². The molecule has 2 nitrogen and oxygen atoms in total. The number of hydrogen-bond acceptors (Lipinski definition) is 3. The topological polar surface area (TPSA) is 35.2 Å². The number of halogens is 1. The number of ether oxygens (including phenoxy) is 1. The first-order chi connectivity index (χ1) is 6.68. The summed E-state index contributed by atoms with van der Waals surface area (Å²) in [7, 11) is 0. The second-order valence-electron chi connectivity index (χ2n) is 3.91. The van der Waals surface area contributed by atoms with Crippen LogP contribution in [-0.2, 0) is 11.2 Å². The van der Waals surface area contributed by atoms with Gasteiger partial charge >= 0.3 is 0 Å². The van der Waals surface area contributed by atoms with Crippen molar-refractivity contribution in [1.29, 1.82) is 0 Å². The smallest absolute Gasteiger partial charge is 0.0931 e. The van der Waals surface area contributed by atoms with Gasteiger partial charge in [0.05, 0.1) is 4.34 Å². The molecule has 0 atom stereocenters. The van der Waals surface area contributed by atoms with Gasteiger partial charge in [-0.1, -0.05) is 11.6 Å². The lowest BCUT2D eigenvalue weighted by Crippen LogP contribution is -2.46. The summed E-state index contributed by atoms with van der Waals surface area (Å²) in [5.74, 6) is 0. The molecule has 0 bridgehead atoms. The van der Waals surface area contributed by atoms with Gasteiger partial charge in [0.1, 0.15) is 0 Å². The Hall–Kier alpha value is -0.0900. The number of thiophene rings is 1. The SMILES string of the molecule is NC1(Cc2csc(Cl)c2)CCOCC1. The fourth-order valence-corrected chi connectivity index (χ4v) is 2.71. The van der Waals surface area contributed by atoms with Gasteiger partial charge in [-0.3, -0.25) is 0 Å². The highest BCUT2D eigenvalue weighted by molar-refractivity contribution is 7.14. The number of nitrogens with two attached hydrogens (primary N) is 1. The van der Waals surface area contributed by atoms with Crippen LogP contribution in [0.25, 0.3) is 0 Å². The second-order valence-corrected chi connectivity index (χ2v) is 5.45. The van der Waals surface area contributed by atoms with E-state index in [2.05, 4.69) is 5.38 Å². The Labute approximate surface area is 93.0 Å². The quantitative estimate of drug-likeness (QED) is 0.849.